The maximum Gasteiger partial charge on any atom is 0.165 e. The molecule has 0 fully saturated rings. The van der Waals surface area contributed by atoms with Gasteiger partial charge in [-0.05, 0) is 6.08 Å². The monoisotopic (exact) mass is 149 g/mol. The molecular formula is C8H11N3. The third kappa shape index (κ3) is 1.06. The molecule has 0 amide bonds. The van der Waals surface area contributed by atoms with Crippen LogP contribution in [0.2, 0.25) is 0 Å². The van der Waals surface area contributed by atoms with Crippen molar-refractivity contribution in [3.05, 3.63) is 12.2 Å². The topological polar surface area (TPSA) is 36.8 Å². The number of allylic oxidation sites excluding steroid dienone is 1. The molecule has 2 heterocycles. The van der Waals surface area contributed by atoms with Gasteiger partial charge in [0.25, 0.3) is 0 Å². The predicted molar refractivity (Wildman–Crippen MR) is 46.1 cm³/mol. The van der Waals surface area contributed by atoms with Crippen LogP contribution in [-0.4, -0.2) is 24.3 Å². The van der Waals surface area contributed by atoms with E-state index in [-0.39, 0.29) is 6.17 Å². The zero-order valence-electron chi connectivity index (χ0n) is 6.49. The maximum absolute atomic E-state index is 4.38. The highest BCUT2D eigenvalue weighted by Gasteiger charge is 2.25. The van der Waals surface area contributed by atoms with Crippen LogP contribution in [0.4, 0.5) is 0 Å². The van der Waals surface area contributed by atoms with E-state index in [1.165, 1.54) is 0 Å². The zero-order chi connectivity index (χ0) is 7.68. The summed E-state index contributed by atoms with van der Waals surface area (Å²) in [7, 11) is 0. The van der Waals surface area contributed by atoms with E-state index in [4.69, 9.17) is 0 Å². The Labute approximate surface area is 65.9 Å². The van der Waals surface area contributed by atoms with Gasteiger partial charge in [0.2, 0.25) is 0 Å². The number of rotatable bonds is 1. The lowest BCUT2D eigenvalue weighted by atomic mass is 10.2. The Bertz CT molecular complexity index is 240. The van der Waals surface area contributed by atoms with Gasteiger partial charge in [0.1, 0.15) is 0 Å². The molecule has 0 saturated heterocycles. The lowest BCUT2D eigenvalue weighted by molar-refractivity contribution is 0.627. The average molecular weight is 149 g/mol. The maximum atomic E-state index is 4.38. The Morgan fingerprint density at radius 3 is 3.27 bits per heavy atom. The van der Waals surface area contributed by atoms with Gasteiger partial charge in [-0.15, -0.1) is 0 Å². The number of amidine groups is 1. The minimum absolute atomic E-state index is 0.106. The Kier molecular flexibility index (Phi) is 1.49. The number of aliphatic imine (C=N–C) groups is 2. The highest BCUT2D eigenvalue weighted by Crippen LogP contribution is 2.13. The van der Waals surface area contributed by atoms with E-state index in [0.29, 0.717) is 6.04 Å². The predicted octanol–water partition coefficient (Wildman–Crippen LogP) is 0.733. The number of fused-ring (bicyclic) bond motifs is 1. The smallest absolute Gasteiger partial charge is 0.165 e. The van der Waals surface area contributed by atoms with Gasteiger partial charge >= 0.3 is 0 Å². The molecular weight excluding hydrogens is 138 g/mol. The summed E-state index contributed by atoms with van der Waals surface area (Å²) in [6, 6.07) is 0.315. The Balaban J connectivity index is 2.16. The molecule has 2 rings (SSSR count). The van der Waals surface area contributed by atoms with Crippen molar-refractivity contribution in [3.63, 3.8) is 0 Å². The molecule has 2 unspecified atom stereocenters. The second-order valence-electron chi connectivity index (χ2n) is 2.70. The third-order valence-electron chi connectivity index (χ3n) is 1.92. The molecule has 2 aliphatic heterocycles. The Hall–Kier alpha value is -1.12. The Morgan fingerprint density at radius 2 is 2.55 bits per heavy atom. The van der Waals surface area contributed by atoms with Crippen molar-refractivity contribution in [2.45, 2.75) is 25.6 Å². The lowest BCUT2D eigenvalue weighted by Gasteiger charge is -2.12. The van der Waals surface area contributed by atoms with Crippen LogP contribution < -0.4 is 5.32 Å². The van der Waals surface area contributed by atoms with E-state index in [1.807, 2.05) is 12.3 Å². The first kappa shape index (κ1) is 6.58. The summed E-state index contributed by atoms with van der Waals surface area (Å²) >= 11 is 0. The molecule has 2 aliphatic rings. The second-order valence-corrected chi connectivity index (χ2v) is 2.70. The van der Waals surface area contributed by atoms with Gasteiger partial charge < -0.3 is 5.32 Å². The number of hydrogen-bond acceptors (Lipinski definition) is 3. The van der Waals surface area contributed by atoms with E-state index in [9.17, 15) is 0 Å². The second kappa shape index (κ2) is 2.49. The average Bonchev–Trinajstić information content (AvgIpc) is 2.46. The van der Waals surface area contributed by atoms with E-state index in [2.05, 4.69) is 28.3 Å². The van der Waals surface area contributed by atoms with Crippen LogP contribution in [0.15, 0.2) is 22.1 Å². The van der Waals surface area contributed by atoms with Crippen molar-refractivity contribution in [2.24, 2.45) is 9.98 Å². The molecule has 2 atom stereocenters. The molecule has 0 radical (unpaired) electrons. The summed E-state index contributed by atoms with van der Waals surface area (Å²) in [5, 5.41) is 3.29. The fraction of sp³-hybridized carbons (Fsp3) is 0.500. The molecule has 0 aromatic heterocycles. The number of nitrogens with zero attached hydrogens (tertiary/aromatic N) is 2. The van der Waals surface area contributed by atoms with Crippen LogP contribution in [0, 0.1) is 0 Å². The van der Waals surface area contributed by atoms with Crippen LogP contribution in [0.5, 0.6) is 0 Å². The third-order valence-corrected chi connectivity index (χ3v) is 1.92. The first-order chi connectivity index (χ1) is 5.40. The van der Waals surface area contributed by atoms with Crippen LogP contribution in [0.1, 0.15) is 13.3 Å². The molecule has 11 heavy (non-hydrogen) atoms. The Morgan fingerprint density at radius 1 is 1.64 bits per heavy atom. The SMILES string of the molecule is CCC1=NC2N=CC=CC2N1. The molecule has 0 aromatic rings. The highest BCUT2D eigenvalue weighted by atomic mass is 15.2. The fourth-order valence-corrected chi connectivity index (χ4v) is 1.32. The normalized spacial score (nSPS) is 33.0. The van der Waals surface area contributed by atoms with Crippen molar-refractivity contribution in [1.82, 2.24) is 5.32 Å². The first-order valence-corrected chi connectivity index (χ1v) is 3.93. The zero-order valence-corrected chi connectivity index (χ0v) is 6.49. The highest BCUT2D eigenvalue weighted by molar-refractivity contribution is 5.85. The summed E-state index contributed by atoms with van der Waals surface area (Å²) in [5.74, 6) is 1.07. The number of hydrogen-bond donors (Lipinski definition) is 1. The van der Waals surface area contributed by atoms with Gasteiger partial charge in [-0.2, -0.15) is 0 Å². The molecule has 1 N–H and O–H groups in total. The first-order valence-electron chi connectivity index (χ1n) is 3.93. The van der Waals surface area contributed by atoms with Crippen molar-refractivity contribution >= 4 is 12.1 Å². The molecule has 0 aliphatic carbocycles. The quantitative estimate of drug-likeness (QED) is 0.586. The van der Waals surface area contributed by atoms with Crippen LogP contribution in [-0.2, 0) is 0 Å². The van der Waals surface area contributed by atoms with E-state index in [0.717, 1.165) is 12.3 Å². The number of dihydropyridines is 1. The van der Waals surface area contributed by atoms with Gasteiger partial charge in [0, 0.05) is 12.6 Å². The van der Waals surface area contributed by atoms with Gasteiger partial charge in [-0.3, -0.25) is 4.99 Å². The summed E-state index contributed by atoms with van der Waals surface area (Å²) in [4.78, 5) is 8.61. The molecule has 58 valence electrons. The molecule has 0 spiro atoms. The van der Waals surface area contributed by atoms with Gasteiger partial charge in [0.15, 0.2) is 6.17 Å². The summed E-state index contributed by atoms with van der Waals surface area (Å²) in [6.07, 6.45) is 6.95. The summed E-state index contributed by atoms with van der Waals surface area (Å²) < 4.78 is 0. The van der Waals surface area contributed by atoms with Crippen LogP contribution in [0.25, 0.3) is 0 Å². The van der Waals surface area contributed by atoms with Crippen molar-refractivity contribution in [2.75, 3.05) is 0 Å². The van der Waals surface area contributed by atoms with Crippen molar-refractivity contribution < 1.29 is 0 Å². The molecule has 3 heteroatoms. The van der Waals surface area contributed by atoms with Crippen LogP contribution in [0.3, 0.4) is 0 Å². The molecule has 0 aromatic carbocycles. The van der Waals surface area contributed by atoms with E-state index >= 15 is 0 Å². The van der Waals surface area contributed by atoms with Crippen molar-refractivity contribution in [1.29, 1.82) is 0 Å². The van der Waals surface area contributed by atoms with Gasteiger partial charge in [-0.1, -0.05) is 13.0 Å². The van der Waals surface area contributed by atoms with E-state index < -0.39 is 0 Å². The lowest BCUT2D eigenvalue weighted by Crippen LogP contribution is -2.32. The van der Waals surface area contributed by atoms with Gasteiger partial charge in [-0.25, -0.2) is 4.99 Å². The summed E-state index contributed by atoms with van der Waals surface area (Å²) in [5.41, 5.74) is 0. The number of nitrogens with one attached hydrogen (secondary N) is 1. The molecule has 0 bridgehead atoms. The van der Waals surface area contributed by atoms with E-state index in [1.54, 1.807) is 0 Å². The fourth-order valence-electron chi connectivity index (χ4n) is 1.32. The van der Waals surface area contributed by atoms with Crippen LogP contribution >= 0.6 is 0 Å². The summed E-state index contributed by atoms with van der Waals surface area (Å²) in [6.45, 7) is 2.09. The molecule has 0 saturated carbocycles. The minimum Gasteiger partial charge on any atom is -0.363 e. The van der Waals surface area contributed by atoms with Gasteiger partial charge in [0.05, 0.1) is 11.9 Å². The molecule has 3 nitrogen and oxygen atoms in total. The minimum atomic E-state index is 0.106. The van der Waals surface area contributed by atoms with Crippen molar-refractivity contribution in [3.8, 4) is 0 Å². The standard InChI is InChI=1S/C8H11N3/c1-2-7-10-6-4-3-5-9-8(6)11-7/h3-6,8H,2H2,1H3,(H,10,11). The largest absolute Gasteiger partial charge is 0.363 e.